The van der Waals surface area contributed by atoms with Crippen molar-refractivity contribution in [3.05, 3.63) is 59.7 Å². The Kier molecular flexibility index (Phi) is 5.88. The molecule has 2 aromatic rings. The molecule has 3 amide bonds. The molecule has 158 valence electrons. The number of alkyl halides is 1. The van der Waals surface area contributed by atoms with Crippen molar-refractivity contribution in [3.8, 4) is 5.75 Å². The fourth-order valence-electron chi connectivity index (χ4n) is 4.18. The van der Waals surface area contributed by atoms with Crippen molar-refractivity contribution in [2.45, 2.75) is 38.5 Å². The van der Waals surface area contributed by atoms with Gasteiger partial charge in [0.15, 0.2) is 0 Å². The van der Waals surface area contributed by atoms with E-state index in [1.165, 1.54) is 10.5 Å². The van der Waals surface area contributed by atoms with E-state index in [-0.39, 0.29) is 18.9 Å². The fourth-order valence-corrected chi connectivity index (χ4v) is 4.18. The number of para-hydroxylation sites is 2. The summed E-state index contributed by atoms with van der Waals surface area (Å²) < 4.78 is 19.8. The molecule has 2 atom stereocenters. The number of halogens is 1. The Morgan fingerprint density at radius 3 is 2.67 bits per heavy atom. The van der Waals surface area contributed by atoms with Gasteiger partial charge in [0.1, 0.15) is 18.0 Å². The summed E-state index contributed by atoms with van der Waals surface area (Å²) in [6, 6.07) is 13.8. The number of amides is 3. The number of anilines is 1. The summed E-state index contributed by atoms with van der Waals surface area (Å²) in [5, 5.41) is 2.79. The Balaban J connectivity index is 1.48. The molecule has 0 spiro atoms. The van der Waals surface area contributed by atoms with E-state index in [0.29, 0.717) is 31.1 Å². The first-order chi connectivity index (χ1) is 14.6. The normalized spacial score (nSPS) is 20.6. The number of ether oxygens (including phenoxy) is 1. The molecule has 7 heteroatoms. The highest BCUT2D eigenvalue weighted by Gasteiger charge is 2.42. The van der Waals surface area contributed by atoms with E-state index in [1.54, 1.807) is 23.1 Å². The van der Waals surface area contributed by atoms with Gasteiger partial charge >= 0.3 is 6.03 Å². The van der Waals surface area contributed by atoms with E-state index in [0.717, 1.165) is 12.0 Å². The number of fused-ring (bicyclic) bond motifs is 1. The van der Waals surface area contributed by atoms with Crippen molar-refractivity contribution >= 4 is 17.6 Å². The van der Waals surface area contributed by atoms with Gasteiger partial charge in [-0.2, -0.15) is 0 Å². The summed E-state index contributed by atoms with van der Waals surface area (Å²) in [5.74, 6) is 0.345. The number of nitrogens with zero attached hydrogens (tertiary/aromatic N) is 2. The van der Waals surface area contributed by atoms with Crippen molar-refractivity contribution < 1.29 is 18.7 Å². The second kappa shape index (κ2) is 8.73. The molecule has 1 N–H and O–H groups in total. The Bertz CT molecular complexity index is 935. The first kappa shape index (κ1) is 20.2. The fraction of sp³-hybridized carbons (Fsp3) is 0.391. The van der Waals surface area contributed by atoms with Gasteiger partial charge in [0.05, 0.1) is 18.8 Å². The van der Waals surface area contributed by atoms with E-state index < -0.39 is 18.2 Å². The van der Waals surface area contributed by atoms with E-state index >= 15 is 0 Å². The van der Waals surface area contributed by atoms with Crippen LogP contribution in [-0.4, -0.2) is 53.6 Å². The zero-order chi connectivity index (χ0) is 21.1. The maximum atomic E-state index is 14.3. The minimum absolute atomic E-state index is 0.0253. The first-order valence-corrected chi connectivity index (χ1v) is 10.4. The summed E-state index contributed by atoms with van der Waals surface area (Å²) in [6.07, 6.45) is -0.428. The lowest BCUT2D eigenvalue weighted by molar-refractivity contribution is -0.136. The number of benzene rings is 2. The molecule has 2 aliphatic rings. The smallest absolute Gasteiger partial charge is 0.322 e. The zero-order valence-electron chi connectivity index (χ0n) is 17.0. The van der Waals surface area contributed by atoms with Crippen LogP contribution in [0.5, 0.6) is 5.75 Å². The van der Waals surface area contributed by atoms with Crippen molar-refractivity contribution in [1.29, 1.82) is 0 Å². The molecular weight excluding hydrogens is 385 g/mol. The lowest BCUT2D eigenvalue weighted by Crippen LogP contribution is -2.50. The van der Waals surface area contributed by atoms with Gasteiger partial charge < -0.3 is 19.9 Å². The molecule has 2 unspecified atom stereocenters. The summed E-state index contributed by atoms with van der Waals surface area (Å²) in [4.78, 5) is 29.2. The molecule has 2 heterocycles. The van der Waals surface area contributed by atoms with Gasteiger partial charge in [-0.1, -0.05) is 36.4 Å². The van der Waals surface area contributed by atoms with Gasteiger partial charge in [0.2, 0.25) is 5.91 Å². The zero-order valence-corrected chi connectivity index (χ0v) is 17.0. The number of carbonyl (C=O) groups is 2. The number of rotatable bonds is 4. The van der Waals surface area contributed by atoms with E-state index in [2.05, 4.69) is 11.4 Å². The summed E-state index contributed by atoms with van der Waals surface area (Å²) in [5.41, 5.74) is 2.84. The highest BCUT2D eigenvalue weighted by molar-refractivity contribution is 5.95. The van der Waals surface area contributed by atoms with Gasteiger partial charge in [-0.15, -0.1) is 0 Å². The van der Waals surface area contributed by atoms with E-state index in [1.807, 2.05) is 31.2 Å². The molecule has 0 bridgehead atoms. The minimum atomic E-state index is -1.22. The monoisotopic (exact) mass is 411 g/mol. The molecule has 1 saturated heterocycles. The summed E-state index contributed by atoms with van der Waals surface area (Å²) in [7, 11) is 0. The Morgan fingerprint density at radius 1 is 1.13 bits per heavy atom. The van der Waals surface area contributed by atoms with Crippen LogP contribution in [0.1, 0.15) is 24.5 Å². The lowest BCUT2D eigenvalue weighted by Gasteiger charge is -2.33. The molecule has 6 nitrogen and oxygen atoms in total. The minimum Gasteiger partial charge on any atom is -0.492 e. The number of nitrogens with one attached hydrogen (secondary N) is 1. The molecule has 1 fully saturated rings. The van der Waals surface area contributed by atoms with Crippen molar-refractivity contribution in [3.63, 3.8) is 0 Å². The molecule has 2 aliphatic heterocycles. The second-order valence-corrected chi connectivity index (χ2v) is 7.64. The van der Waals surface area contributed by atoms with Crippen LogP contribution in [0, 0.1) is 0 Å². The summed E-state index contributed by atoms with van der Waals surface area (Å²) >= 11 is 0. The number of hydrogen-bond acceptors (Lipinski definition) is 3. The van der Waals surface area contributed by atoms with E-state index in [4.69, 9.17) is 4.74 Å². The lowest BCUT2D eigenvalue weighted by atomic mass is 9.99. The maximum absolute atomic E-state index is 14.3. The number of carbonyl (C=O) groups excluding carboxylic acids is 2. The van der Waals surface area contributed by atoms with Crippen LogP contribution >= 0.6 is 0 Å². The van der Waals surface area contributed by atoms with Crippen LogP contribution in [0.2, 0.25) is 0 Å². The first-order valence-electron chi connectivity index (χ1n) is 10.4. The van der Waals surface area contributed by atoms with Gasteiger partial charge in [-0.25, -0.2) is 9.18 Å². The molecule has 0 aliphatic carbocycles. The second-order valence-electron chi connectivity index (χ2n) is 7.64. The number of urea groups is 1. The molecule has 4 rings (SSSR count). The van der Waals surface area contributed by atoms with Gasteiger partial charge in [0, 0.05) is 19.5 Å². The standard InChI is InChI=1S/C23H26FN3O3/c1-2-30-21-10-6-5-9-19(21)25-23(29)27-15-18(24)13-20(27)22(28)26-12-11-16-7-3-4-8-17(16)14-26/h3-10,18,20H,2,11-15H2,1H3,(H,25,29). The van der Waals surface area contributed by atoms with Gasteiger partial charge in [0.25, 0.3) is 0 Å². The Hall–Kier alpha value is -3.09. The maximum Gasteiger partial charge on any atom is 0.322 e. The Labute approximate surface area is 175 Å². The summed E-state index contributed by atoms with van der Waals surface area (Å²) in [6.45, 7) is 3.29. The highest BCUT2D eigenvalue weighted by atomic mass is 19.1. The SMILES string of the molecule is CCOc1ccccc1NC(=O)N1CC(F)CC1C(=O)N1CCc2ccccc2C1. The van der Waals surface area contributed by atoms with Crippen LogP contribution < -0.4 is 10.1 Å². The van der Waals surface area contributed by atoms with Crippen LogP contribution in [0.4, 0.5) is 14.9 Å². The van der Waals surface area contributed by atoms with Crippen LogP contribution in [0.3, 0.4) is 0 Å². The van der Waals surface area contributed by atoms with Gasteiger partial charge in [-0.3, -0.25) is 4.79 Å². The average molecular weight is 411 g/mol. The third-order valence-corrected chi connectivity index (χ3v) is 5.67. The molecule has 0 radical (unpaired) electrons. The van der Waals surface area contributed by atoms with E-state index in [9.17, 15) is 14.0 Å². The third-order valence-electron chi connectivity index (χ3n) is 5.67. The topological polar surface area (TPSA) is 61.9 Å². The molecule has 0 aromatic heterocycles. The number of likely N-dealkylation sites (tertiary alicyclic amines) is 1. The van der Waals surface area contributed by atoms with Crippen molar-refractivity contribution in [2.24, 2.45) is 0 Å². The van der Waals surface area contributed by atoms with Crippen LogP contribution in [-0.2, 0) is 17.8 Å². The third kappa shape index (κ3) is 4.10. The quantitative estimate of drug-likeness (QED) is 0.836. The largest absolute Gasteiger partial charge is 0.492 e. The van der Waals surface area contributed by atoms with Crippen LogP contribution in [0.15, 0.2) is 48.5 Å². The average Bonchev–Trinajstić information content (AvgIpc) is 3.16. The number of hydrogen-bond donors (Lipinski definition) is 1. The Morgan fingerprint density at radius 2 is 1.87 bits per heavy atom. The van der Waals surface area contributed by atoms with Crippen molar-refractivity contribution in [1.82, 2.24) is 9.80 Å². The predicted octanol–water partition coefficient (Wildman–Crippen LogP) is 3.61. The molecule has 30 heavy (non-hydrogen) atoms. The van der Waals surface area contributed by atoms with Gasteiger partial charge in [-0.05, 0) is 36.6 Å². The van der Waals surface area contributed by atoms with Crippen molar-refractivity contribution in [2.75, 3.05) is 25.0 Å². The predicted molar refractivity (Wildman–Crippen MR) is 112 cm³/mol. The highest BCUT2D eigenvalue weighted by Crippen LogP contribution is 2.28. The molecule has 2 aromatic carbocycles. The molecule has 0 saturated carbocycles. The van der Waals surface area contributed by atoms with Crippen LogP contribution in [0.25, 0.3) is 0 Å². The molecular formula is C23H26FN3O3.